The van der Waals surface area contributed by atoms with E-state index in [-0.39, 0.29) is 0 Å². The zero-order valence-corrected chi connectivity index (χ0v) is 7.07. The second kappa shape index (κ2) is 3.24. The molecule has 0 aliphatic heterocycles. The van der Waals surface area contributed by atoms with E-state index in [1.165, 1.54) is 6.08 Å². The maximum atomic E-state index is 12.2. The minimum atomic E-state index is -4.33. The highest BCUT2D eigenvalue weighted by molar-refractivity contribution is 5.49. The standard InChI is InChI=1S/C10H8F3/c1-3-8-4-7(2)5-9(6-8)10(11,12)13/h3-5H,1H2,2H3. The van der Waals surface area contributed by atoms with E-state index in [0.717, 1.165) is 6.07 Å². The van der Waals surface area contributed by atoms with Crippen LogP contribution in [-0.4, -0.2) is 0 Å². The van der Waals surface area contributed by atoms with Crippen molar-refractivity contribution in [1.82, 2.24) is 0 Å². The van der Waals surface area contributed by atoms with E-state index >= 15 is 0 Å². The summed E-state index contributed by atoms with van der Waals surface area (Å²) in [5.74, 6) is 0. The highest BCUT2D eigenvalue weighted by Crippen LogP contribution is 2.30. The number of hydrogen-bond donors (Lipinski definition) is 0. The highest BCUT2D eigenvalue weighted by Gasteiger charge is 2.30. The van der Waals surface area contributed by atoms with Gasteiger partial charge >= 0.3 is 6.18 Å². The summed E-state index contributed by atoms with van der Waals surface area (Å²) in [5.41, 5.74) is 0.177. The zero-order chi connectivity index (χ0) is 10.1. The highest BCUT2D eigenvalue weighted by atomic mass is 19.4. The minimum Gasteiger partial charge on any atom is -0.166 e. The van der Waals surface area contributed by atoms with Crippen LogP contribution >= 0.6 is 0 Å². The van der Waals surface area contributed by atoms with Crippen molar-refractivity contribution in [2.45, 2.75) is 13.1 Å². The molecule has 0 N–H and O–H groups in total. The summed E-state index contributed by atoms with van der Waals surface area (Å²) in [6.07, 6.45) is -2.98. The molecule has 1 rings (SSSR count). The van der Waals surface area contributed by atoms with E-state index in [9.17, 15) is 13.2 Å². The van der Waals surface area contributed by atoms with Gasteiger partial charge in [-0.1, -0.05) is 18.7 Å². The molecule has 69 valence electrons. The molecule has 0 aromatic heterocycles. The summed E-state index contributed by atoms with van der Waals surface area (Å²) in [5, 5.41) is 0. The molecule has 1 aromatic carbocycles. The molecule has 1 aromatic rings. The van der Waals surface area contributed by atoms with Crippen LogP contribution in [0.2, 0.25) is 0 Å². The van der Waals surface area contributed by atoms with Crippen molar-refractivity contribution >= 4 is 6.08 Å². The van der Waals surface area contributed by atoms with Gasteiger partial charge in [0.05, 0.1) is 5.56 Å². The molecule has 0 saturated heterocycles. The van der Waals surface area contributed by atoms with Gasteiger partial charge in [0.15, 0.2) is 0 Å². The van der Waals surface area contributed by atoms with E-state index < -0.39 is 11.7 Å². The number of aryl methyl sites for hydroxylation is 1. The number of rotatable bonds is 1. The summed E-state index contributed by atoms with van der Waals surface area (Å²) >= 11 is 0. The van der Waals surface area contributed by atoms with Crippen LogP contribution in [0.25, 0.3) is 6.08 Å². The maximum absolute atomic E-state index is 12.2. The molecule has 1 radical (unpaired) electrons. The molecule has 0 bridgehead atoms. The average Bonchev–Trinajstić information content (AvgIpc) is 2.01. The van der Waals surface area contributed by atoms with Crippen molar-refractivity contribution < 1.29 is 13.2 Å². The molecule has 0 aliphatic carbocycles. The third kappa shape index (κ3) is 2.34. The Bertz CT molecular complexity index is 323. The van der Waals surface area contributed by atoms with Gasteiger partial charge in [0, 0.05) is 6.07 Å². The van der Waals surface area contributed by atoms with Crippen molar-refractivity contribution in [2.75, 3.05) is 0 Å². The summed E-state index contributed by atoms with van der Waals surface area (Å²) in [4.78, 5) is 0. The largest absolute Gasteiger partial charge is 0.417 e. The zero-order valence-electron chi connectivity index (χ0n) is 7.07. The normalized spacial score (nSPS) is 11.4. The Labute approximate surface area is 74.7 Å². The molecule has 3 heteroatoms. The van der Waals surface area contributed by atoms with Gasteiger partial charge in [-0.05, 0) is 24.1 Å². The van der Waals surface area contributed by atoms with Gasteiger partial charge in [0.25, 0.3) is 0 Å². The first kappa shape index (κ1) is 9.84. The third-order valence-electron chi connectivity index (χ3n) is 1.56. The van der Waals surface area contributed by atoms with Gasteiger partial charge in [0.2, 0.25) is 0 Å². The van der Waals surface area contributed by atoms with E-state index in [1.807, 2.05) is 0 Å². The lowest BCUT2D eigenvalue weighted by Gasteiger charge is -2.07. The van der Waals surface area contributed by atoms with Gasteiger partial charge in [-0.25, -0.2) is 0 Å². The molecule has 0 unspecified atom stereocenters. The van der Waals surface area contributed by atoms with Crippen molar-refractivity contribution in [3.8, 4) is 0 Å². The Hall–Kier alpha value is -1.25. The number of alkyl halides is 3. The molecule has 0 saturated carbocycles. The Balaban J connectivity index is 3.24. The molecule has 0 amide bonds. The van der Waals surface area contributed by atoms with Crippen LogP contribution in [0.15, 0.2) is 18.7 Å². The third-order valence-corrected chi connectivity index (χ3v) is 1.56. The van der Waals surface area contributed by atoms with Crippen LogP contribution in [0.4, 0.5) is 13.2 Å². The lowest BCUT2D eigenvalue weighted by Crippen LogP contribution is -2.05. The number of hydrogen-bond acceptors (Lipinski definition) is 0. The topological polar surface area (TPSA) is 0 Å². The predicted octanol–water partition coefficient (Wildman–Crippen LogP) is 3.46. The van der Waals surface area contributed by atoms with Crippen LogP contribution in [0.3, 0.4) is 0 Å². The van der Waals surface area contributed by atoms with Gasteiger partial charge in [-0.3, -0.25) is 0 Å². The van der Waals surface area contributed by atoms with Crippen molar-refractivity contribution in [1.29, 1.82) is 0 Å². The molecular formula is C10H8F3. The summed E-state index contributed by atoms with van der Waals surface area (Å²) in [7, 11) is 0. The first-order valence-electron chi connectivity index (χ1n) is 3.67. The van der Waals surface area contributed by atoms with Crippen molar-refractivity contribution in [3.63, 3.8) is 0 Å². The van der Waals surface area contributed by atoms with Gasteiger partial charge < -0.3 is 0 Å². The predicted molar refractivity (Wildman–Crippen MR) is 45.1 cm³/mol. The molecule has 13 heavy (non-hydrogen) atoms. The lowest BCUT2D eigenvalue weighted by molar-refractivity contribution is -0.137. The van der Waals surface area contributed by atoms with Crippen molar-refractivity contribution in [2.24, 2.45) is 0 Å². The van der Waals surface area contributed by atoms with E-state index in [1.54, 1.807) is 13.0 Å². The Morgan fingerprint density at radius 3 is 2.46 bits per heavy atom. The molecule has 0 spiro atoms. The number of benzene rings is 1. The fourth-order valence-corrected chi connectivity index (χ4v) is 1.00. The summed E-state index contributed by atoms with van der Waals surface area (Å²) in [6.45, 7) is 5.00. The molecule has 0 nitrogen and oxygen atoms in total. The van der Waals surface area contributed by atoms with E-state index in [2.05, 4.69) is 12.6 Å². The second-order valence-electron chi connectivity index (χ2n) is 2.73. The maximum Gasteiger partial charge on any atom is 0.417 e. The fourth-order valence-electron chi connectivity index (χ4n) is 1.00. The second-order valence-corrected chi connectivity index (χ2v) is 2.73. The van der Waals surface area contributed by atoms with Crippen LogP contribution in [0.5, 0.6) is 0 Å². The van der Waals surface area contributed by atoms with Crippen molar-refractivity contribution in [3.05, 3.63) is 41.5 Å². The van der Waals surface area contributed by atoms with Crippen LogP contribution in [0.1, 0.15) is 16.7 Å². The van der Waals surface area contributed by atoms with Gasteiger partial charge in [0.1, 0.15) is 0 Å². The molecule has 0 atom stereocenters. The average molecular weight is 185 g/mol. The molecular weight excluding hydrogens is 177 g/mol. The molecule has 0 heterocycles. The van der Waals surface area contributed by atoms with Gasteiger partial charge in [-0.15, -0.1) is 0 Å². The molecule has 0 fully saturated rings. The Morgan fingerprint density at radius 1 is 1.38 bits per heavy atom. The Morgan fingerprint density at radius 2 is 2.00 bits per heavy atom. The smallest absolute Gasteiger partial charge is 0.166 e. The van der Waals surface area contributed by atoms with Crippen LogP contribution < -0.4 is 0 Å². The summed E-state index contributed by atoms with van der Waals surface area (Å²) in [6, 6.07) is 4.89. The monoisotopic (exact) mass is 185 g/mol. The lowest BCUT2D eigenvalue weighted by atomic mass is 10.1. The minimum absolute atomic E-state index is 0.368. The van der Waals surface area contributed by atoms with Gasteiger partial charge in [-0.2, -0.15) is 13.2 Å². The van der Waals surface area contributed by atoms with Crippen LogP contribution in [0, 0.1) is 13.0 Å². The number of halogens is 3. The van der Waals surface area contributed by atoms with Crippen LogP contribution in [-0.2, 0) is 6.18 Å². The summed E-state index contributed by atoms with van der Waals surface area (Å²) < 4.78 is 36.7. The first-order chi connectivity index (χ1) is 5.93. The van der Waals surface area contributed by atoms with E-state index in [0.29, 0.717) is 11.1 Å². The van der Waals surface area contributed by atoms with E-state index in [4.69, 9.17) is 0 Å². The SMILES string of the molecule is C=Cc1[c]c(C(F)(F)F)cc(C)c1. The molecule has 0 aliphatic rings. The first-order valence-corrected chi connectivity index (χ1v) is 3.67. The quantitative estimate of drug-likeness (QED) is 0.628. The Kier molecular flexibility index (Phi) is 2.45. The fraction of sp³-hybridized carbons (Fsp3) is 0.200.